The second-order valence-corrected chi connectivity index (χ2v) is 6.24. The Morgan fingerprint density at radius 1 is 0.636 bits per heavy atom. The van der Waals surface area contributed by atoms with Gasteiger partial charge in [0.05, 0.1) is 5.69 Å². The van der Waals surface area contributed by atoms with Crippen molar-refractivity contribution in [1.29, 1.82) is 0 Å². The Bertz CT molecular complexity index is 895. The Morgan fingerprint density at radius 3 is 2.05 bits per heavy atom. The van der Waals surface area contributed by atoms with Crippen molar-refractivity contribution < 1.29 is 0 Å². The number of para-hydroxylation sites is 1. The molecule has 0 saturated carbocycles. The van der Waals surface area contributed by atoms with Crippen LogP contribution in [0, 0.1) is 0 Å². The van der Waals surface area contributed by atoms with Crippen molar-refractivity contribution in [2.75, 3.05) is 0 Å². The summed E-state index contributed by atoms with van der Waals surface area (Å²) in [5.74, 6) is 0. The van der Waals surface area contributed by atoms with E-state index in [2.05, 4.69) is 89.9 Å². The maximum absolute atomic E-state index is 3.58. The van der Waals surface area contributed by atoms with E-state index in [0.717, 1.165) is 0 Å². The molecular formula is C20H15NS. The second-order valence-electron chi connectivity index (χ2n) is 5.16. The fourth-order valence-corrected chi connectivity index (χ4v) is 3.72. The van der Waals surface area contributed by atoms with E-state index in [0.29, 0.717) is 0 Å². The van der Waals surface area contributed by atoms with E-state index in [-0.39, 0.29) is 0 Å². The summed E-state index contributed by atoms with van der Waals surface area (Å²) in [5, 5.41) is 1.27. The van der Waals surface area contributed by atoms with Crippen LogP contribution in [0.2, 0.25) is 0 Å². The van der Waals surface area contributed by atoms with E-state index >= 15 is 0 Å². The lowest BCUT2D eigenvalue weighted by molar-refractivity contribution is 1.38. The van der Waals surface area contributed by atoms with Crippen molar-refractivity contribution in [3.8, 4) is 11.3 Å². The fourth-order valence-electron chi connectivity index (χ4n) is 2.64. The van der Waals surface area contributed by atoms with Gasteiger partial charge in [0.1, 0.15) is 0 Å². The molecule has 1 nitrogen and oxygen atoms in total. The van der Waals surface area contributed by atoms with E-state index in [1.54, 1.807) is 0 Å². The van der Waals surface area contributed by atoms with Crippen LogP contribution in [0.4, 0.5) is 0 Å². The van der Waals surface area contributed by atoms with E-state index in [9.17, 15) is 0 Å². The summed E-state index contributed by atoms with van der Waals surface area (Å²) in [5.41, 5.74) is 3.59. The Morgan fingerprint density at radius 2 is 1.27 bits per heavy atom. The molecule has 0 bridgehead atoms. The summed E-state index contributed by atoms with van der Waals surface area (Å²) < 4.78 is 0. The van der Waals surface area contributed by atoms with Gasteiger partial charge in [0.15, 0.2) is 0 Å². The number of hydrogen-bond donors (Lipinski definition) is 1. The van der Waals surface area contributed by atoms with Gasteiger partial charge >= 0.3 is 0 Å². The smallest absolute Gasteiger partial charge is 0.0606 e. The van der Waals surface area contributed by atoms with Crippen LogP contribution in [0.1, 0.15) is 0 Å². The molecule has 0 aliphatic heterocycles. The van der Waals surface area contributed by atoms with Crippen molar-refractivity contribution in [1.82, 2.24) is 4.98 Å². The van der Waals surface area contributed by atoms with Gasteiger partial charge in [0.25, 0.3) is 0 Å². The minimum atomic E-state index is 1.18. The molecule has 4 rings (SSSR count). The number of rotatable bonds is 3. The van der Waals surface area contributed by atoms with E-state index in [1.165, 1.54) is 32.0 Å². The van der Waals surface area contributed by atoms with Gasteiger partial charge in [-0.2, -0.15) is 0 Å². The van der Waals surface area contributed by atoms with E-state index in [1.807, 2.05) is 11.8 Å². The first-order chi connectivity index (χ1) is 10.9. The number of benzene rings is 3. The van der Waals surface area contributed by atoms with Crippen LogP contribution in [0.15, 0.2) is 94.7 Å². The third-order valence-electron chi connectivity index (χ3n) is 3.68. The van der Waals surface area contributed by atoms with Crippen LogP contribution in [0.5, 0.6) is 0 Å². The fraction of sp³-hybridized carbons (Fsp3) is 0. The first-order valence-corrected chi connectivity index (χ1v) is 8.12. The minimum Gasteiger partial charge on any atom is -0.354 e. The van der Waals surface area contributed by atoms with Crippen LogP contribution in [-0.2, 0) is 0 Å². The highest BCUT2D eigenvalue weighted by atomic mass is 32.2. The van der Waals surface area contributed by atoms with E-state index < -0.39 is 0 Å². The van der Waals surface area contributed by atoms with Gasteiger partial charge < -0.3 is 4.98 Å². The first-order valence-electron chi connectivity index (χ1n) is 7.31. The van der Waals surface area contributed by atoms with Gasteiger partial charge in [0, 0.05) is 20.7 Å². The maximum atomic E-state index is 3.58. The number of hydrogen-bond acceptors (Lipinski definition) is 1. The summed E-state index contributed by atoms with van der Waals surface area (Å²) in [6.45, 7) is 0. The molecule has 4 aromatic rings. The maximum Gasteiger partial charge on any atom is 0.0606 e. The molecule has 1 N–H and O–H groups in total. The monoisotopic (exact) mass is 301 g/mol. The number of aromatic amines is 1. The summed E-state index contributed by atoms with van der Waals surface area (Å²) in [4.78, 5) is 6.12. The molecule has 22 heavy (non-hydrogen) atoms. The number of nitrogens with one attached hydrogen (secondary N) is 1. The van der Waals surface area contributed by atoms with Crippen molar-refractivity contribution in [3.63, 3.8) is 0 Å². The normalized spacial score (nSPS) is 10.9. The number of fused-ring (bicyclic) bond motifs is 1. The summed E-state index contributed by atoms with van der Waals surface area (Å²) in [7, 11) is 0. The quantitative estimate of drug-likeness (QED) is 0.491. The second kappa shape index (κ2) is 5.74. The molecule has 0 atom stereocenters. The van der Waals surface area contributed by atoms with E-state index in [4.69, 9.17) is 0 Å². The highest BCUT2D eigenvalue weighted by molar-refractivity contribution is 7.99. The van der Waals surface area contributed by atoms with Gasteiger partial charge in [-0.3, -0.25) is 0 Å². The SMILES string of the molecule is c1ccc(Sc2c(-c3ccccc3)[nH]c3ccccc23)cc1. The third-order valence-corrected chi connectivity index (χ3v) is 4.82. The zero-order valence-corrected chi connectivity index (χ0v) is 12.8. The molecule has 0 fully saturated rings. The van der Waals surface area contributed by atoms with Gasteiger partial charge in [-0.1, -0.05) is 78.5 Å². The van der Waals surface area contributed by atoms with Crippen LogP contribution >= 0.6 is 11.8 Å². The number of aromatic nitrogens is 1. The summed E-state index contributed by atoms with van der Waals surface area (Å²) >= 11 is 1.81. The lowest BCUT2D eigenvalue weighted by atomic mass is 10.1. The van der Waals surface area contributed by atoms with Crippen molar-refractivity contribution >= 4 is 22.7 Å². The van der Waals surface area contributed by atoms with Crippen molar-refractivity contribution in [2.45, 2.75) is 9.79 Å². The molecule has 0 amide bonds. The molecule has 2 heteroatoms. The predicted octanol–water partition coefficient (Wildman–Crippen LogP) is 5.99. The van der Waals surface area contributed by atoms with Crippen LogP contribution in [0.3, 0.4) is 0 Å². The van der Waals surface area contributed by atoms with Crippen LogP contribution in [0.25, 0.3) is 22.2 Å². The lowest BCUT2D eigenvalue weighted by Crippen LogP contribution is -1.80. The van der Waals surface area contributed by atoms with Gasteiger partial charge in [-0.05, 0) is 23.8 Å². The van der Waals surface area contributed by atoms with Crippen molar-refractivity contribution in [2.24, 2.45) is 0 Å². The summed E-state index contributed by atoms with van der Waals surface area (Å²) in [6.07, 6.45) is 0. The van der Waals surface area contributed by atoms with Crippen LogP contribution in [-0.4, -0.2) is 4.98 Å². The van der Waals surface area contributed by atoms with Gasteiger partial charge in [-0.25, -0.2) is 0 Å². The van der Waals surface area contributed by atoms with Gasteiger partial charge in [0.2, 0.25) is 0 Å². The average molecular weight is 301 g/mol. The molecule has 0 aliphatic rings. The molecule has 0 unspecified atom stereocenters. The molecule has 1 heterocycles. The molecule has 0 aliphatic carbocycles. The number of H-pyrrole nitrogens is 1. The zero-order valence-electron chi connectivity index (χ0n) is 12.0. The Hall–Kier alpha value is -2.45. The first kappa shape index (κ1) is 13.2. The summed E-state index contributed by atoms with van der Waals surface area (Å²) in [6, 6.07) is 29.5. The topological polar surface area (TPSA) is 15.8 Å². The lowest BCUT2D eigenvalue weighted by Gasteiger charge is -2.05. The zero-order chi connectivity index (χ0) is 14.8. The average Bonchev–Trinajstić information content (AvgIpc) is 2.95. The standard InChI is InChI=1S/C20H15NS/c1-3-9-15(10-4-1)19-20(22-16-11-5-2-6-12-16)17-13-7-8-14-18(17)21-19/h1-14,21H. The molecule has 106 valence electrons. The van der Waals surface area contributed by atoms with Crippen molar-refractivity contribution in [3.05, 3.63) is 84.9 Å². The molecular weight excluding hydrogens is 286 g/mol. The predicted molar refractivity (Wildman–Crippen MR) is 94.3 cm³/mol. The molecule has 0 spiro atoms. The molecule has 3 aromatic carbocycles. The molecule has 0 saturated heterocycles. The highest BCUT2D eigenvalue weighted by Gasteiger charge is 2.13. The molecule has 1 aromatic heterocycles. The van der Waals surface area contributed by atoms with Crippen LogP contribution < -0.4 is 0 Å². The molecule has 0 radical (unpaired) electrons. The minimum absolute atomic E-state index is 1.18. The Labute approximate surface area is 134 Å². The third kappa shape index (κ3) is 2.42. The Balaban J connectivity index is 1.91. The Kier molecular flexibility index (Phi) is 3.45. The largest absolute Gasteiger partial charge is 0.354 e. The van der Waals surface area contributed by atoms with Gasteiger partial charge in [-0.15, -0.1) is 0 Å². The highest BCUT2D eigenvalue weighted by Crippen LogP contribution is 2.40.